The molecule has 1 atom stereocenters. The van der Waals surface area contributed by atoms with Gasteiger partial charge in [-0.05, 0) is 71.7 Å². The summed E-state index contributed by atoms with van der Waals surface area (Å²) in [6.45, 7) is 0. The number of aromatic hydroxyl groups is 1. The summed E-state index contributed by atoms with van der Waals surface area (Å²) in [7, 11) is 3.05. The first-order valence-electron chi connectivity index (χ1n) is 13.7. The summed E-state index contributed by atoms with van der Waals surface area (Å²) < 4.78 is 33.5. The number of rotatable bonds is 6. The molecule has 0 radical (unpaired) electrons. The maximum Gasteiger partial charge on any atom is 0.337 e. The summed E-state index contributed by atoms with van der Waals surface area (Å²) in [5.74, 6) is 0.887. The van der Waals surface area contributed by atoms with Gasteiger partial charge in [-0.1, -0.05) is 12.1 Å². The fraction of sp³-hybridized carbons (Fsp3) is 0.147. The van der Waals surface area contributed by atoms with Crippen LogP contribution in [0.25, 0.3) is 27.7 Å². The van der Waals surface area contributed by atoms with Crippen molar-refractivity contribution in [1.29, 1.82) is 0 Å². The van der Waals surface area contributed by atoms with Gasteiger partial charge in [-0.15, -0.1) is 0 Å². The Morgan fingerprint density at radius 1 is 0.795 bits per heavy atom. The minimum Gasteiger partial charge on any atom is -0.507 e. The van der Waals surface area contributed by atoms with Crippen molar-refractivity contribution in [1.82, 2.24) is 0 Å². The van der Waals surface area contributed by atoms with Crippen molar-refractivity contribution < 1.29 is 37.7 Å². The number of carbonyl (C=O) groups excluding carboxylic acids is 1. The molecule has 0 bridgehead atoms. The molecular weight excluding hydrogens is 568 g/mol. The highest BCUT2D eigenvalue weighted by molar-refractivity contribution is 5.94. The van der Waals surface area contributed by atoms with Crippen molar-refractivity contribution in [3.8, 4) is 17.2 Å². The number of hydrogen-bond donors (Lipinski definition) is 1. The minimum atomic E-state index is -1.03. The molecule has 0 aliphatic carbocycles. The van der Waals surface area contributed by atoms with E-state index in [4.69, 9.17) is 27.8 Å². The summed E-state index contributed by atoms with van der Waals surface area (Å²) in [5, 5.41) is 11.6. The molecule has 4 heterocycles. The van der Waals surface area contributed by atoms with Crippen molar-refractivity contribution in [2.24, 2.45) is 0 Å². The van der Waals surface area contributed by atoms with Crippen LogP contribution in [0.2, 0.25) is 0 Å². The number of esters is 1. The average molecular weight is 593 g/mol. The molecular formula is C34H24O10. The first-order valence-corrected chi connectivity index (χ1v) is 13.7. The predicted octanol–water partition coefficient (Wildman–Crippen LogP) is 5.01. The highest BCUT2D eigenvalue weighted by Crippen LogP contribution is 2.41. The Bertz CT molecular complexity index is 2180. The third-order valence-electron chi connectivity index (χ3n) is 7.69. The van der Waals surface area contributed by atoms with E-state index in [-0.39, 0.29) is 12.2 Å². The monoisotopic (exact) mass is 592 g/mol. The van der Waals surface area contributed by atoms with Crippen molar-refractivity contribution >= 4 is 33.7 Å². The second-order valence-electron chi connectivity index (χ2n) is 10.4. The number of phenolic OH excluding ortho intramolecular Hbond substituents is 1. The van der Waals surface area contributed by atoms with E-state index >= 15 is 0 Å². The van der Waals surface area contributed by atoms with Gasteiger partial charge < -0.3 is 32.9 Å². The molecule has 7 rings (SSSR count). The Kier molecular flexibility index (Phi) is 6.46. The van der Waals surface area contributed by atoms with E-state index in [0.717, 1.165) is 5.56 Å². The SMILES string of the molecule is COC1=C2C=C(Cc3cc(=O)oc4ccc(OC)cc34)C(=O)OC2Oc2ccc(Cc3cc(=O)oc4cccc(O)c34)cc21. The maximum atomic E-state index is 13.1. The Morgan fingerprint density at radius 2 is 1.59 bits per heavy atom. The lowest BCUT2D eigenvalue weighted by Gasteiger charge is -2.32. The molecule has 0 spiro atoms. The largest absolute Gasteiger partial charge is 0.507 e. The molecule has 1 unspecified atom stereocenters. The Labute approximate surface area is 249 Å². The molecule has 0 fully saturated rings. The standard InChI is InChI=1S/C34H24O10/c1-39-21-7-9-26-22(16-21)18(14-29(36)41-26)12-20-13-24-32(40-2)23-11-17(6-8-27(23)43-34(24)44-33(20)38)10-19-15-30(37)42-28-5-3-4-25(35)31(19)28/h3-9,11,13-16,34-35H,10,12H2,1-2H3. The third-order valence-corrected chi connectivity index (χ3v) is 7.69. The van der Waals surface area contributed by atoms with Gasteiger partial charge in [0.05, 0.1) is 30.7 Å². The van der Waals surface area contributed by atoms with Gasteiger partial charge in [-0.3, -0.25) is 0 Å². The van der Waals surface area contributed by atoms with Gasteiger partial charge >= 0.3 is 17.2 Å². The Balaban J connectivity index is 1.29. The van der Waals surface area contributed by atoms with Gasteiger partial charge in [-0.25, -0.2) is 14.4 Å². The van der Waals surface area contributed by atoms with Crippen LogP contribution in [0.4, 0.5) is 0 Å². The van der Waals surface area contributed by atoms with E-state index in [0.29, 0.717) is 73.5 Å². The lowest BCUT2D eigenvalue weighted by Crippen LogP contribution is -2.34. The van der Waals surface area contributed by atoms with Gasteiger partial charge in [0, 0.05) is 29.5 Å². The van der Waals surface area contributed by atoms with Crippen molar-refractivity contribution in [2.75, 3.05) is 14.2 Å². The number of benzene rings is 3. The Morgan fingerprint density at radius 3 is 2.39 bits per heavy atom. The van der Waals surface area contributed by atoms with E-state index in [2.05, 4.69) is 0 Å². The number of phenols is 1. The van der Waals surface area contributed by atoms with Crippen LogP contribution in [0.5, 0.6) is 17.2 Å². The number of fused-ring (bicyclic) bond motifs is 4. The van der Waals surface area contributed by atoms with E-state index in [1.165, 1.54) is 32.4 Å². The molecule has 10 nitrogen and oxygen atoms in total. The molecule has 2 aromatic heterocycles. The first-order chi connectivity index (χ1) is 21.3. The molecule has 2 aliphatic heterocycles. The van der Waals surface area contributed by atoms with Crippen LogP contribution in [0.1, 0.15) is 22.3 Å². The van der Waals surface area contributed by atoms with Gasteiger partial charge in [-0.2, -0.15) is 0 Å². The van der Waals surface area contributed by atoms with Crippen molar-refractivity contribution in [2.45, 2.75) is 19.1 Å². The molecule has 0 saturated carbocycles. The number of hydrogen-bond acceptors (Lipinski definition) is 10. The van der Waals surface area contributed by atoms with Crippen LogP contribution in [0, 0.1) is 0 Å². The van der Waals surface area contributed by atoms with Crippen molar-refractivity contribution in [3.63, 3.8) is 0 Å². The number of carbonyl (C=O) groups is 1. The smallest absolute Gasteiger partial charge is 0.337 e. The summed E-state index contributed by atoms with van der Waals surface area (Å²) in [6, 6.07) is 18.0. The number of methoxy groups -OCH3 is 2. The molecule has 1 N–H and O–H groups in total. The third kappa shape index (κ3) is 4.66. The van der Waals surface area contributed by atoms with Crippen LogP contribution in [0.15, 0.2) is 102 Å². The predicted molar refractivity (Wildman–Crippen MR) is 159 cm³/mol. The van der Waals surface area contributed by atoms with E-state index < -0.39 is 23.5 Å². The summed E-state index contributed by atoms with van der Waals surface area (Å²) in [5.41, 5.74) is 2.98. The molecule has 44 heavy (non-hydrogen) atoms. The number of ether oxygens (including phenoxy) is 4. The molecule has 2 aliphatic rings. The Hall–Kier alpha value is -5.77. The second kappa shape index (κ2) is 10.5. The van der Waals surface area contributed by atoms with Gasteiger partial charge in [0.2, 0.25) is 0 Å². The van der Waals surface area contributed by atoms with E-state index in [1.807, 2.05) is 12.1 Å². The van der Waals surface area contributed by atoms with Crippen LogP contribution in [-0.4, -0.2) is 31.6 Å². The molecule has 0 amide bonds. The van der Waals surface area contributed by atoms with Gasteiger partial charge in [0.15, 0.2) is 0 Å². The molecule has 10 heteroatoms. The molecule has 0 saturated heterocycles. The lowest BCUT2D eigenvalue weighted by atomic mass is 9.93. The quantitative estimate of drug-likeness (QED) is 0.212. The fourth-order valence-corrected chi connectivity index (χ4v) is 5.72. The summed E-state index contributed by atoms with van der Waals surface area (Å²) in [6.07, 6.45) is 1.03. The summed E-state index contributed by atoms with van der Waals surface area (Å²) in [4.78, 5) is 37.6. The highest BCUT2D eigenvalue weighted by atomic mass is 16.7. The lowest BCUT2D eigenvalue weighted by molar-refractivity contribution is -0.155. The van der Waals surface area contributed by atoms with Crippen molar-refractivity contribution in [3.05, 3.63) is 127 Å². The maximum absolute atomic E-state index is 13.1. The topological polar surface area (TPSA) is 135 Å². The van der Waals surface area contributed by atoms with Crippen LogP contribution in [0.3, 0.4) is 0 Å². The fourth-order valence-electron chi connectivity index (χ4n) is 5.72. The highest BCUT2D eigenvalue weighted by Gasteiger charge is 2.36. The average Bonchev–Trinajstić information content (AvgIpc) is 3.00. The van der Waals surface area contributed by atoms with E-state index in [9.17, 15) is 19.5 Å². The van der Waals surface area contributed by atoms with Crippen LogP contribution >= 0.6 is 0 Å². The minimum absolute atomic E-state index is 0.00850. The zero-order valence-electron chi connectivity index (χ0n) is 23.5. The van der Waals surface area contributed by atoms with Gasteiger partial charge in [0.1, 0.15) is 34.2 Å². The zero-order valence-corrected chi connectivity index (χ0v) is 23.5. The zero-order chi connectivity index (χ0) is 30.5. The summed E-state index contributed by atoms with van der Waals surface area (Å²) >= 11 is 0. The van der Waals surface area contributed by atoms with Crippen LogP contribution in [-0.2, 0) is 27.1 Å². The molecule has 3 aromatic carbocycles. The van der Waals surface area contributed by atoms with E-state index in [1.54, 1.807) is 42.5 Å². The second-order valence-corrected chi connectivity index (χ2v) is 10.4. The normalized spacial score (nSPS) is 15.7. The van der Waals surface area contributed by atoms with Gasteiger partial charge in [0.25, 0.3) is 6.29 Å². The van der Waals surface area contributed by atoms with Crippen LogP contribution < -0.4 is 20.7 Å². The molecule has 5 aromatic rings. The molecule has 220 valence electrons. The first kappa shape index (κ1) is 27.1.